The van der Waals surface area contributed by atoms with Gasteiger partial charge in [-0.2, -0.15) is 0 Å². The Labute approximate surface area is 148 Å². The molecule has 0 spiro atoms. The number of aryl methyl sites for hydroxylation is 2. The van der Waals surface area contributed by atoms with Gasteiger partial charge in [-0.15, -0.1) is 11.8 Å². The summed E-state index contributed by atoms with van der Waals surface area (Å²) in [7, 11) is 0. The van der Waals surface area contributed by atoms with Gasteiger partial charge < -0.3 is 4.90 Å². The van der Waals surface area contributed by atoms with Crippen molar-refractivity contribution >= 4 is 17.7 Å². The molecular weight excluding hydrogens is 314 g/mol. The summed E-state index contributed by atoms with van der Waals surface area (Å²) >= 11 is 1.90. The molecule has 124 valence electrons. The van der Waals surface area contributed by atoms with Crippen LogP contribution in [-0.2, 0) is 4.79 Å². The van der Waals surface area contributed by atoms with E-state index >= 15 is 0 Å². The second-order valence-electron chi connectivity index (χ2n) is 6.97. The number of hydrogen-bond donors (Lipinski definition) is 0. The summed E-state index contributed by atoms with van der Waals surface area (Å²) in [6.45, 7) is 5.16. The third kappa shape index (κ3) is 2.86. The van der Waals surface area contributed by atoms with Gasteiger partial charge in [0.1, 0.15) is 5.37 Å². The van der Waals surface area contributed by atoms with Gasteiger partial charge in [0.05, 0.1) is 0 Å². The smallest absolute Gasteiger partial charge is 0.227 e. The van der Waals surface area contributed by atoms with E-state index < -0.39 is 0 Å². The monoisotopic (exact) mass is 337 g/mol. The molecule has 1 saturated carbocycles. The molecule has 24 heavy (non-hydrogen) atoms. The summed E-state index contributed by atoms with van der Waals surface area (Å²) in [5.41, 5.74) is 5.19. The standard InChI is InChI=1S/C21H23NOS/c1-14-8-9-17(15(2)12-14)21-22(10-11-24-21)20(23)19-13-18(19)16-6-4-3-5-7-16/h3-9,12,18-19,21H,10-11,13H2,1-2H3. The SMILES string of the molecule is Cc1ccc(C2SCCN2C(=O)C2CC2c2ccccc2)c(C)c1. The van der Waals surface area contributed by atoms with Gasteiger partial charge in [-0.05, 0) is 42.9 Å². The molecule has 2 fully saturated rings. The second kappa shape index (κ2) is 6.29. The minimum absolute atomic E-state index is 0.180. The first kappa shape index (κ1) is 15.8. The molecule has 1 saturated heterocycles. The molecule has 3 atom stereocenters. The zero-order valence-corrected chi connectivity index (χ0v) is 15.1. The quantitative estimate of drug-likeness (QED) is 0.810. The second-order valence-corrected chi connectivity index (χ2v) is 8.16. The fraction of sp³-hybridized carbons (Fsp3) is 0.381. The average Bonchev–Trinajstić information content (AvgIpc) is 3.25. The van der Waals surface area contributed by atoms with Crippen molar-refractivity contribution in [2.75, 3.05) is 12.3 Å². The maximum absolute atomic E-state index is 13.1. The Hall–Kier alpha value is -1.74. The van der Waals surface area contributed by atoms with Crippen LogP contribution in [0.3, 0.4) is 0 Å². The molecule has 0 N–H and O–H groups in total. The minimum Gasteiger partial charge on any atom is -0.325 e. The van der Waals surface area contributed by atoms with Crippen LogP contribution in [0.1, 0.15) is 40.0 Å². The fourth-order valence-corrected chi connectivity index (χ4v) is 5.16. The molecule has 4 rings (SSSR count). The summed E-state index contributed by atoms with van der Waals surface area (Å²) in [4.78, 5) is 15.2. The van der Waals surface area contributed by atoms with Crippen LogP contribution in [-0.4, -0.2) is 23.1 Å². The van der Waals surface area contributed by atoms with Crippen LogP contribution in [0.5, 0.6) is 0 Å². The molecule has 1 heterocycles. The molecule has 1 aliphatic carbocycles. The molecule has 2 nitrogen and oxygen atoms in total. The third-order valence-corrected chi connectivity index (χ3v) is 6.44. The van der Waals surface area contributed by atoms with Crippen molar-refractivity contribution in [3.63, 3.8) is 0 Å². The van der Waals surface area contributed by atoms with Crippen LogP contribution in [0, 0.1) is 19.8 Å². The Balaban J connectivity index is 1.52. The lowest BCUT2D eigenvalue weighted by Gasteiger charge is -2.26. The summed E-state index contributed by atoms with van der Waals surface area (Å²) in [5.74, 6) is 1.98. The van der Waals surface area contributed by atoms with E-state index in [0.29, 0.717) is 11.8 Å². The molecule has 0 radical (unpaired) electrons. The normalized spacial score (nSPS) is 25.8. The van der Waals surface area contributed by atoms with Crippen LogP contribution >= 0.6 is 11.8 Å². The van der Waals surface area contributed by atoms with Crippen molar-refractivity contribution in [2.45, 2.75) is 31.6 Å². The van der Waals surface area contributed by atoms with Gasteiger partial charge >= 0.3 is 0 Å². The lowest BCUT2D eigenvalue weighted by atomic mass is 10.0. The predicted octanol–water partition coefficient (Wildman–Crippen LogP) is 4.68. The lowest BCUT2D eigenvalue weighted by molar-refractivity contribution is -0.132. The van der Waals surface area contributed by atoms with Gasteiger partial charge in [0.2, 0.25) is 5.91 Å². The number of nitrogens with zero attached hydrogens (tertiary/aromatic N) is 1. The van der Waals surface area contributed by atoms with E-state index in [1.54, 1.807) is 0 Å². The molecule has 1 aliphatic heterocycles. The van der Waals surface area contributed by atoms with E-state index in [4.69, 9.17) is 0 Å². The summed E-state index contributed by atoms with van der Waals surface area (Å²) in [5, 5.41) is 0.190. The van der Waals surface area contributed by atoms with Crippen molar-refractivity contribution in [3.8, 4) is 0 Å². The van der Waals surface area contributed by atoms with Crippen molar-refractivity contribution in [3.05, 3.63) is 70.8 Å². The van der Waals surface area contributed by atoms with Gasteiger partial charge in [0, 0.05) is 18.2 Å². The first-order valence-corrected chi connectivity index (χ1v) is 9.74. The van der Waals surface area contributed by atoms with Crippen molar-refractivity contribution in [1.82, 2.24) is 4.90 Å². The molecule has 2 aromatic rings. The van der Waals surface area contributed by atoms with Crippen LogP contribution in [0.4, 0.5) is 0 Å². The molecule has 2 aromatic carbocycles. The van der Waals surface area contributed by atoms with E-state index in [2.05, 4.69) is 61.2 Å². The molecule has 0 bridgehead atoms. The molecule has 3 unspecified atom stereocenters. The first-order chi connectivity index (χ1) is 11.6. The number of rotatable bonds is 3. The van der Waals surface area contributed by atoms with E-state index in [9.17, 15) is 4.79 Å². The van der Waals surface area contributed by atoms with Gasteiger partial charge in [-0.3, -0.25) is 4.79 Å². The van der Waals surface area contributed by atoms with E-state index in [1.807, 2.05) is 17.8 Å². The largest absolute Gasteiger partial charge is 0.325 e. The minimum atomic E-state index is 0.180. The summed E-state index contributed by atoms with van der Waals surface area (Å²) in [6.07, 6.45) is 1.00. The van der Waals surface area contributed by atoms with Gasteiger partial charge in [-0.1, -0.05) is 54.1 Å². The molecule has 0 aromatic heterocycles. The molecule has 1 amide bonds. The van der Waals surface area contributed by atoms with E-state index in [1.165, 1.54) is 22.3 Å². The Bertz CT molecular complexity index is 758. The maximum Gasteiger partial charge on any atom is 0.227 e. The zero-order chi connectivity index (χ0) is 16.7. The number of amides is 1. The maximum atomic E-state index is 13.1. The number of thioether (sulfide) groups is 1. The van der Waals surface area contributed by atoms with Crippen molar-refractivity contribution in [1.29, 1.82) is 0 Å². The van der Waals surface area contributed by atoms with E-state index in [-0.39, 0.29) is 11.3 Å². The highest BCUT2D eigenvalue weighted by atomic mass is 32.2. The fourth-order valence-electron chi connectivity index (χ4n) is 3.81. The van der Waals surface area contributed by atoms with Crippen LogP contribution < -0.4 is 0 Å². The highest BCUT2D eigenvalue weighted by Crippen LogP contribution is 2.51. The van der Waals surface area contributed by atoms with Crippen LogP contribution in [0.2, 0.25) is 0 Å². The summed E-state index contributed by atoms with van der Waals surface area (Å²) < 4.78 is 0. The molecule has 3 heteroatoms. The number of benzene rings is 2. The predicted molar refractivity (Wildman–Crippen MR) is 100 cm³/mol. The van der Waals surface area contributed by atoms with Gasteiger partial charge in [0.15, 0.2) is 0 Å². The van der Waals surface area contributed by atoms with Gasteiger partial charge in [-0.25, -0.2) is 0 Å². The Morgan fingerprint density at radius 3 is 2.67 bits per heavy atom. The zero-order valence-electron chi connectivity index (χ0n) is 14.2. The Morgan fingerprint density at radius 1 is 1.12 bits per heavy atom. The highest BCUT2D eigenvalue weighted by molar-refractivity contribution is 7.99. The van der Waals surface area contributed by atoms with E-state index in [0.717, 1.165) is 18.7 Å². The third-order valence-electron chi connectivity index (χ3n) is 5.20. The Morgan fingerprint density at radius 2 is 1.92 bits per heavy atom. The Kier molecular flexibility index (Phi) is 4.13. The first-order valence-electron chi connectivity index (χ1n) is 8.69. The average molecular weight is 337 g/mol. The summed E-state index contributed by atoms with van der Waals surface area (Å²) in [6, 6.07) is 17.1. The number of carbonyl (C=O) groups excluding carboxylic acids is 1. The van der Waals surface area contributed by atoms with Crippen LogP contribution in [0.25, 0.3) is 0 Å². The number of carbonyl (C=O) groups is 1. The molecular formula is C21H23NOS. The van der Waals surface area contributed by atoms with Crippen molar-refractivity contribution in [2.24, 2.45) is 5.92 Å². The lowest BCUT2D eigenvalue weighted by Crippen LogP contribution is -2.32. The molecule has 2 aliphatic rings. The van der Waals surface area contributed by atoms with Crippen LogP contribution in [0.15, 0.2) is 48.5 Å². The topological polar surface area (TPSA) is 20.3 Å². The number of hydrogen-bond acceptors (Lipinski definition) is 2. The highest BCUT2D eigenvalue weighted by Gasteiger charge is 2.48. The van der Waals surface area contributed by atoms with Gasteiger partial charge in [0.25, 0.3) is 0 Å². The van der Waals surface area contributed by atoms with Crippen molar-refractivity contribution < 1.29 is 4.79 Å².